The average molecular weight is 430 g/mol. The largest absolute Gasteiger partial charge is 0.368 e. The van der Waals surface area contributed by atoms with Crippen LogP contribution in [0.15, 0.2) is 29.3 Å². The number of benzene rings is 1. The fourth-order valence-electron chi connectivity index (χ4n) is 4.49. The third-order valence-electron chi connectivity index (χ3n) is 6.34. The van der Waals surface area contributed by atoms with E-state index in [9.17, 15) is 14.9 Å². The number of aliphatic imine (C=N–C) groups is 1. The third kappa shape index (κ3) is 5.52. The molecule has 0 spiro atoms. The van der Waals surface area contributed by atoms with Gasteiger partial charge in [-0.25, -0.2) is 4.99 Å². The van der Waals surface area contributed by atoms with Gasteiger partial charge in [-0.1, -0.05) is 25.0 Å². The fourth-order valence-corrected chi connectivity index (χ4v) is 4.49. The smallest absolute Gasteiger partial charge is 0.269 e. The lowest BCUT2D eigenvalue weighted by atomic mass is 10.2. The van der Waals surface area contributed by atoms with Crippen molar-refractivity contribution in [1.29, 1.82) is 0 Å². The average Bonchev–Trinajstić information content (AvgIpc) is 3.51. The lowest BCUT2D eigenvalue weighted by Crippen LogP contribution is -2.56. The Kier molecular flexibility index (Phi) is 7.01. The van der Waals surface area contributed by atoms with Crippen molar-refractivity contribution in [1.82, 2.24) is 15.1 Å². The molecule has 0 bridgehead atoms. The lowest BCUT2D eigenvalue weighted by Gasteiger charge is -2.38. The molecule has 2 saturated heterocycles. The van der Waals surface area contributed by atoms with E-state index in [1.54, 1.807) is 12.1 Å². The maximum Gasteiger partial charge on any atom is 0.269 e. The Labute approximate surface area is 182 Å². The van der Waals surface area contributed by atoms with Gasteiger partial charge in [-0.05, 0) is 31.2 Å². The number of carbonyl (C=O) groups excluding carboxylic acids is 1. The first-order chi connectivity index (χ1) is 15.1. The van der Waals surface area contributed by atoms with E-state index >= 15 is 0 Å². The maximum atomic E-state index is 12.6. The first kappa shape index (κ1) is 21.5. The molecule has 2 aliphatic heterocycles. The van der Waals surface area contributed by atoms with Crippen LogP contribution in [0.25, 0.3) is 0 Å². The number of piperazine rings is 1. The van der Waals surface area contributed by atoms with Gasteiger partial charge in [0.25, 0.3) is 11.6 Å². The van der Waals surface area contributed by atoms with Crippen LogP contribution in [0.5, 0.6) is 0 Å². The zero-order chi connectivity index (χ0) is 21.6. The third-order valence-corrected chi connectivity index (χ3v) is 6.34. The molecule has 1 atom stereocenters. The second kappa shape index (κ2) is 10.1. The van der Waals surface area contributed by atoms with E-state index in [0.717, 1.165) is 50.3 Å². The van der Waals surface area contributed by atoms with Crippen LogP contribution in [0.4, 0.5) is 5.69 Å². The van der Waals surface area contributed by atoms with Crippen molar-refractivity contribution in [3.63, 3.8) is 0 Å². The summed E-state index contributed by atoms with van der Waals surface area (Å²) in [6.07, 6.45) is 6.28. The number of nitro groups is 1. The Balaban J connectivity index is 1.39. The van der Waals surface area contributed by atoms with Gasteiger partial charge < -0.3 is 19.9 Å². The molecule has 1 aliphatic carbocycles. The molecule has 2 heterocycles. The highest BCUT2D eigenvalue weighted by atomic mass is 16.6. The zero-order valence-corrected chi connectivity index (χ0v) is 17.9. The molecule has 9 heteroatoms. The van der Waals surface area contributed by atoms with E-state index in [4.69, 9.17) is 9.73 Å². The van der Waals surface area contributed by atoms with Gasteiger partial charge in [-0.3, -0.25) is 14.9 Å². The van der Waals surface area contributed by atoms with E-state index in [0.29, 0.717) is 32.3 Å². The van der Waals surface area contributed by atoms with Crippen LogP contribution in [0, 0.1) is 10.1 Å². The van der Waals surface area contributed by atoms with E-state index in [2.05, 4.69) is 10.2 Å². The second-order valence-electron chi connectivity index (χ2n) is 8.50. The van der Waals surface area contributed by atoms with Gasteiger partial charge in [0.1, 0.15) is 6.10 Å². The van der Waals surface area contributed by atoms with Gasteiger partial charge in [0.2, 0.25) is 0 Å². The molecule has 1 N–H and O–H groups in total. The first-order valence-electron chi connectivity index (χ1n) is 11.3. The molecule has 0 aromatic heterocycles. The Morgan fingerprint density at radius 2 is 1.74 bits per heavy atom. The molecule has 9 nitrogen and oxygen atoms in total. The van der Waals surface area contributed by atoms with Gasteiger partial charge >= 0.3 is 0 Å². The number of amides is 1. The monoisotopic (exact) mass is 429 g/mol. The fraction of sp³-hybridized carbons (Fsp3) is 0.636. The van der Waals surface area contributed by atoms with Crippen molar-refractivity contribution >= 4 is 17.6 Å². The minimum absolute atomic E-state index is 0.0871. The summed E-state index contributed by atoms with van der Waals surface area (Å²) in [5.74, 6) is 0.986. The Morgan fingerprint density at radius 1 is 1.06 bits per heavy atom. The minimum Gasteiger partial charge on any atom is -0.368 e. The summed E-state index contributed by atoms with van der Waals surface area (Å²) in [5.41, 5.74) is 1.02. The molecular formula is C22H31N5O4. The standard InChI is InChI=1S/C22H31N5O4/c28-21(20-6-3-15-31-20)25-11-13-26(14-12-25)22(24-18-4-1-2-5-18)23-16-17-7-9-19(10-8-17)27(29)30/h7-10,18,20H,1-6,11-16H2,(H,23,24). The summed E-state index contributed by atoms with van der Waals surface area (Å²) in [6.45, 7) is 3.95. The highest BCUT2D eigenvalue weighted by Gasteiger charge is 2.31. The van der Waals surface area contributed by atoms with E-state index in [1.807, 2.05) is 4.90 Å². The first-order valence-corrected chi connectivity index (χ1v) is 11.3. The number of hydrogen-bond acceptors (Lipinski definition) is 5. The van der Waals surface area contributed by atoms with Crippen LogP contribution in [-0.4, -0.2) is 71.5 Å². The lowest BCUT2D eigenvalue weighted by molar-refractivity contribution is -0.384. The van der Waals surface area contributed by atoms with Crippen molar-refractivity contribution in [2.24, 2.45) is 4.99 Å². The molecule has 168 valence electrons. The highest BCUT2D eigenvalue weighted by molar-refractivity contribution is 5.83. The van der Waals surface area contributed by atoms with E-state index in [-0.39, 0.29) is 17.7 Å². The number of rotatable bonds is 5. The van der Waals surface area contributed by atoms with Crippen molar-refractivity contribution in [2.45, 2.75) is 57.2 Å². The van der Waals surface area contributed by atoms with Crippen LogP contribution >= 0.6 is 0 Å². The number of hydrogen-bond donors (Lipinski definition) is 1. The normalized spacial score (nSPS) is 22.7. The Hall–Kier alpha value is -2.68. The molecule has 1 aromatic carbocycles. The van der Waals surface area contributed by atoms with Gasteiger partial charge in [-0.2, -0.15) is 0 Å². The summed E-state index contributed by atoms with van der Waals surface area (Å²) in [7, 11) is 0. The van der Waals surface area contributed by atoms with Crippen molar-refractivity contribution < 1.29 is 14.5 Å². The molecule has 31 heavy (non-hydrogen) atoms. The maximum absolute atomic E-state index is 12.6. The van der Waals surface area contributed by atoms with Crippen molar-refractivity contribution in [3.05, 3.63) is 39.9 Å². The van der Waals surface area contributed by atoms with Crippen LogP contribution in [0.2, 0.25) is 0 Å². The number of nitrogens with zero attached hydrogens (tertiary/aromatic N) is 4. The van der Waals surface area contributed by atoms with E-state index in [1.165, 1.54) is 25.0 Å². The van der Waals surface area contributed by atoms with Crippen LogP contribution in [-0.2, 0) is 16.1 Å². The van der Waals surface area contributed by atoms with Crippen LogP contribution in [0.1, 0.15) is 44.1 Å². The molecule has 4 rings (SSSR count). The van der Waals surface area contributed by atoms with Gasteiger partial charge in [-0.15, -0.1) is 0 Å². The van der Waals surface area contributed by atoms with Gasteiger partial charge in [0.05, 0.1) is 11.5 Å². The second-order valence-corrected chi connectivity index (χ2v) is 8.50. The number of ether oxygens (including phenoxy) is 1. The quantitative estimate of drug-likeness (QED) is 0.334. The predicted octanol–water partition coefficient (Wildman–Crippen LogP) is 2.31. The Morgan fingerprint density at radius 3 is 2.35 bits per heavy atom. The summed E-state index contributed by atoms with van der Waals surface area (Å²) in [4.78, 5) is 32.1. The van der Waals surface area contributed by atoms with Gasteiger partial charge in [0, 0.05) is 51.0 Å². The van der Waals surface area contributed by atoms with Gasteiger partial charge in [0.15, 0.2) is 5.96 Å². The molecule has 1 unspecified atom stereocenters. The van der Waals surface area contributed by atoms with Crippen LogP contribution in [0.3, 0.4) is 0 Å². The molecule has 1 saturated carbocycles. The SMILES string of the molecule is O=C(C1CCCO1)N1CCN(C(=NCc2ccc([N+](=O)[O-])cc2)NC2CCCC2)CC1. The molecule has 0 radical (unpaired) electrons. The molecule has 3 fully saturated rings. The number of carbonyl (C=O) groups is 1. The topological polar surface area (TPSA) is 100 Å². The summed E-state index contributed by atoms with van der Waals surface area (Å²) in [5, 5.41) is 14.5. The van der Waals surface area contributed by atoms with E-state index < -0.39 is 4.92 Å². The van der Waals surface area contributed by atoms with Crippen molar-refractivity contribution in [2.75, 3.05) is 32.8 Å². The molecule has 3 aliphatic rings. The molecular weight excluding hydrogens is 398 g/mol. The minimum atomic E-state index is -0.391. The summed E-state index contributed by atoms with van der Waals surface area (Å²) < 4.78 is 5.56. The zero-order valence-electron chi connectivity index (χ0n) is 17.9. The number of nitro benzene ring substituents is 1. The number of guanidine groups is 1. The van der Waals surface area contributed by atoms with Crippen molar-refractivity contribution in [3.8, 4) is 0 Å². The van der Waals surface area contributed by atoms with Crippen LogP contribution < -0.4 is 5.32 Å². The predicted molar refractivity (Wildman–Crippen MR) is 117 cm³/mol. The molecule has 1 amide bonds. The highest BCUT2D eigenvalue weighted by Crippen LogP contribution is 2.20. The summed E-state index contributed by atoms with van der Waals surface area (Å²) >= 11 is 0. The molecule has 1 aromatic rings. The summed E-state index contributed by atoms with van der Waals surface area (Å²) in [6, 6.07) is 6.98. The number of non-ortho nitro benzene ring substituents is 1. The number of nitrogens with one attached hydrogen (secondary N) is 1. The Bertz CT molecular complexity index is 793.